The van der Waals surface area contributed by atoms with Gasteiger partial charge in [0.1, 0.15) is 0 Å². The predicted molar refractivity (Wildman–Crippen MR) is 88.1 cm³/mol. The summed E-state index contributed by atoms with van der Waals surface area (Å²) in [6.07, 6.45) is 0. The summed E-state index contributed by atoms with van der Waals surface area (Å²) in [5.74, 6) is 2.00. The van der Waals surface area contributed by atoms with Crippen LogP contribution >= 0.6 is 11.8 Å². The maximum absolute atomic E-state index is 8.52. The van der Waals surface area contributed by atoms with Crippen molar-refractivity contribution in [1.29, 1.82) is 5.26 Å². The van der Waals surface area contributed by atoms with Crippen LogP contribution in [0, 0.1) is 11.3 Å². The minimum atomic E-state index is 0.297. The summed E-state index contributed by atoms with van der Waals surface area (Å²) in [4.78, 5) is 4.16. The summed E-state index contributed by atoms with van der Waals surface area (Å²) in [5.41, 5.74) is 4.42. The smallest absolute Gasteiger partial charge is 0.240 e. The number of nitrogens with zero attached hydrogens (tertiary/aromatic N) is 4. The molecule has 8 nitrogen and oxygen atoms in total. The third kappa shape index (κ3) is 4.37. The van der Waals surface area contributed by atoms with Gasteiger partial charge in [-0.1, -0.05) is 11.8 Å². The molecule has 0 radical (unpaired) electrons. The number of aromatic amines is 1. The van der Waals surface area contributed by atoms with E-state index in [4.69, 9.17) is 14.7 Å². The summed E-state index contributed by atoms with van der Waals surface area (Å²) >= 11 is 1.25. The average molecular weight is 332 g/mol. The fourth-order valence-electron chi connectivity index (χ4n) is 1.72. The Bertz CT molecular complexity index is 737. The van der Waals surface area contributed by atoms with Crippen LogP contribution in [-0.4, -0.2) is 40.9 Å². The monoisotopic (exact) mass is 332 g/mol. The number of rotatable bonds is 7. The molecule has 0 saturated carbocycles. The number of hydrogen-bond donors (Lipinski definition) is 2. The lowest BCUT2D eigenvalue weighted by molar-refractivity contribution is 0.355. The molecule has 2 aromatic rings. The van der Waals surface area contributed by atoms with E-state index in [9.17, 15) is 0 Å². The number of thioether (sulfide) groups is 1. The molecular weight excluding hydrogens is 316 g/mol. The first kappa shape index (κ1) is 16.6. The van der Waals surface area contributed by atoms with E-state index in [1.807, 2.05) is 31.2 Å². The molecule has 23 heavy (non-hydrogen) atoms. The molecule has 0 atom stereocenters. The highest BCUT2D eigenvalue weighted by atomic mass is 32.2. The molecule has 0 aliphatic carbocycles. The minimum Gasteiger partial charge on any atom is -0.493 e. The van der Waals surface area contributed by atoms with Crippen molar-refractivity contribution >= 4 is 23.4 Å². The number of aromatic nitrogens is 3. The molecule has 0 saturated heterocycles. The molecule has 0 aliphatic heterocycles. The zero-order valence-electron chi connectivity index (χ0n) is 13.0. The number of ether oxygens (including phenoxy) is 2. The molecule has 0 fully saturated rings. The number of methoxy groups -OCH3 is 2. The van der Waals surface area contributed by atoms with Crippen LogP contribution in [0.15, 0.2) is 28.5 Å². The lowest BCUT2D eigenvalue weighted by Gasteiger charge is -2.09. The Morgan fingerprint density at radius 1 is 1.39 bits per heavy atom. The first-order valence-electron chi connectivity index (χ1n) is 6.62. The van der Waals surface area contributed by atoms with Crippen LogP contribution in [0.2, 0.25) is 0 Å². The Morgan fingerprint density at radius 3 is 2.87 bits per heavy atom. The van der Waals surface area contributed by atoms with E-state index < -0.39 is 0 Å². The van der Waals surface area contributed by atoms with Crippen LogP contribution in [0.4, 0.5) is 5.95 Å². The molecule has 1 heterocycles. The van der Waals surface area contributed by atoms with Crippen LogP contribution in [0.1, 0.15) is 12.5 Å². The van der Waals surface area contributed by atoms with Gasteiger partial charge in [-0.3, -0.25) is 0 Å². The predicted octanol–water partition coefficient (Wildman–Crippen LogP) is 2.27. The van der Waals surface area contributed by atoms with Gasteiger partial charge < -0.3 is 9.47 Å². The Balaban J connectivity index is 2.08. The first-order chi connectivity index (χ1) is 11.2. The van der Waals surface area contributed by atoms with Gasteiger partial charge in [-0.25, -0.2) is 10.5 Å². The first-order valence-corrected chi connectivity index (χ1v) is 7.61. The number of nitriles is 1. The molecule has 120 valence electrons. The second kappa shape index (κ2) is 8.05. The summed E-state index contributed by atoms with van der Waals surface area (Å²) in [6.45, 7) is 1.86. The van der Waals surface area contributed by atoms with Gasteiger partial charge in [-0.15, -0.1) is 5.10 Å². The van der Waals surface area contributed by atoms with Crippen molar-refractivity contribution in [2.45, 2.75) is 12.1 Å². The van der Waals surface area contributed by atoms with Gasteiger partial charge in [0.25, 0.3) is 0 Å². The van der Waals surface area contributed by atoms with Gasteiger partial charge in [0.2, 0.25) is 11.1 Å². The summed E-state index contributed by atoms with van der Waals surface area (Å²) in [5, 5.41) is 19.9. The van der Waals surface area contributed by atoms with Gasteiger partial charge >= 0.3 is 0 Å². The summed E-state index contributed by atoms with van der Waals surface area (Å²) in [7, 11) is 3.17. The van der Waals surface area contributed by atoms with E-state index in [1.165, 1.54) is 11.8 Å². The van der Waals surface area contributed by atoms with E-state index in [0.29, 0.717) is 28.4 Å². The maximum atomic E-state index is 8.52. The lowest BCUT2D eigenvalue weighted by atomic mass is 10.1. The SMILES string of the molecule is COc1ccc(/C(C)=N\Nc2nc(SCC#N)n[nH]2)cc1OC. The number of hydrogen-bond acceptors (Lipinski definition) is 8. The second-order valence-electron chi connectivity index (χ2n) is 4.29. The van der Waals surface area contributed by atoms with Crippen molar-refractivity contribution in [3.8, 4) is 17.6 Å². The van der Waals surface area contributed by atoms with Crippen molar-refractivity contribution < 1.29 is 9.47 Å². The van der Waals surface area contributed by atoms with Gasteiger partial charge in [0.15, 0.2) is 11.5 Å². The van der Waals surface area contributed by atoms with E-state index in [2.05, 4.69) is 25.7 Å². The van der Waals surface area contributed by atoms with E-state index >= 15 is 0 Å². The minimum absolute atomic E-state index is 0.297. The maximum Gasteiger partial charge on any atom is 0.240 e. The third-order valence-electron chi connectivity index (χ3n) is 2.86. The zero-order valence-corrected chi connectivity index (χ0v) is 13.8. The van der Waals surface area contributed by atoms with Gasteiger partial charge in [0.05, 0.1) is 31.8 Å². The van der Waals surface area contributed by atoms with Crippen LogP contribution in [-0.2, 0) is 0 Å². The highest BCUT2D eigenvalue weighted by Crippen LogP contribution is 2.27. The van der Waals surface area contributed by atoms with Crippen LogP contribution < -0.4 is 14.9 Å². The largest absolute Gasteiger partial charge is 0.493 e. The fourth-order valence-corrected chi connectivity index (χ4v) is 2.18. The quantitative estimate of drug-likeness (QED) is 0.455. The number of hydrazone groups is 1. The molecule has 1 aromatic heterocycles. The average Bonchev–Trinajstić information content (AvgIpc) is 3.05. The highest BCUT2D eigenvalue weighted by Gasteiger charge is 2.07. The Labute approximate surface area is 137 Å². The second-order valence-corrected chi connectivity index (χ2v) is 5.23. The standard InChI is InChI=1S/C14H16N6O2S/c1-9(10-4-5-11(21-2)12(8-10)22-3)17-18-13-16-14(20-19-13)23-7-6-15/h4-5,8H,7H2,1-3H3,(H2,16,18,19,20)/b17-9-. The zero-order chi connectivity index (χ0) is 16.7. The number of anilines is 1. The van der Waals surface area contributed by atoms with E-state index in [0.717, 1.165) is 11.3 Å². The number of nitrogens with one attached hydrogen (secondary N) is 2. The Morgan fingerprint density at radius 2 is 2.17 bits per heavy atom. The van der Waals surface area contributed by atoms with Crippen LogP contribution in [0.3, 0.4) is 0 Å². The molecule has 0 bridgehead atoms. The number of H-pyrrole nitrogens is 1. The normalized spacial score (nSPS) is 11.0. The fraction of sp³-hybridized carbons (Fsp3) is 0.286. The van der Waals surface area contributed by atoms with Crippen molar-refractivity contribution in [1.82, 2.24) is 15.2 Å². The molecule has 0 unspecified atom stereocenters. The Hall–Kier alpha value is -2.73. The van der Waals surface area contributed by atoms with Gasteiger partial charge in [-0.05, 0) is 25.1 Å². The van der Waals surface area contributed by atoms with Crippen LogP contribution in [0.5, 0.6) is 11.5 Å². The van der Waals surface area contributed by atoms with E-state index in [1.54, 1.807) is 14.2 Å². The molecule has 9 heteroatoms. The molecule has 0 amide bonds. The third-order valence-corrected chi connectivity index (χ3v) is 3.58. The summed E-state index contributed by atoms with van der Waals surface area (Å²) in [6, 6.07) is 7.56. The topological polar surface area (TPSA) is 108 Å². The highest BCUT2D eigenvalue weighted by molar-refractivity contribution is 7.99. The van der Waals surface area contributed by atoms with E-state index in [-0.39, 0.29) is 0 Å². The molecule has 2 rings (SSSR count). The Kier molecular flexibility index (Phi) is 5.82. The van der Waals surface area contributed by atoms with Crippen molar-refractivity contribution in [3.63, 3.8) is 0 Å². The lowest BCUT2D eigenvalue weighted by Crippen LogP contribution is -2.02. The van der Waals surface area contributed by atoms with Gasteiger partial charge in [-0.2, -0.15) is 15.3 Å². The summed E-state index contributed by atoms with van der Waals surface area (Å²) < 4.78 is 10.5. The molecule has 2 N–H and O–H groups in total. The van der Waals surface area contributed by atoms with Crippen molar-refractivity contribution in [3.05, 3.63) is 23.8 Å². The van der Waals surface area contributed by atoms with Crippen molar-refractivity contribution in [2.75, 3.05) is 25.4 Å². The van der Waals surface area contributed by atoms with Gasteiger partial charge in [0, 0.05) is 5.56 Å². The molecule has 0 aliphatic rings. The number of benzene rings is 1. The molecule has 1 aromatic carbocycles. The molecule has 0 spiro atoms. The van der Waals surface area contributed by atoms with Crippen LogP contribution in [0.25, 0.3) is 0 Å². The van der Waals surface area contributed by atoms with Crippen molar-refractivity contribution in [2.24, 2.45) is 5.10 Å². The molecular formula is C14H16N6O2S.